The van der Waals surface area contributed by atoms with E-state index in [1.165, 1.54) is 0 Å². The summed E-state index contributed by atoms with van der Waals surface area (Å²) in [5.41, 5.74) is 1.03. The van der Waals surface area contributed by atoms with Gasteiger partial charge in [0.05, 0.1) is 24.4 Å². The van der Waals surface area contributed by atoms with Crippen molar-refractivity contribution in [3.8, 4) is 0 Å². The molecule has 2 atom stereocenters. The van der Waals surface area contributed by atoms with Gasteiger partial charge in [-0.3, -0.25) is 0 Å². The smallest absolute Gasteiger partial charge is 0.373 e. The first kappa shape index (κ1) is 14.8. The number of aliphatic hydroxyl groups excluding tert-OH is 1. The molecule has 0 spiro atoms. The SMILES string of the molecule is CO[C@H]1C[C@H](CO)N(c2nc(C)cs2)C1.O=C=O. The van der Waals surface area contributed by atoms with Crippen LogP contribution in [-0.4, -0.2) is 48.6 Å². The molecule has 2 heterocycles. The molecule has 0 aromatic carbocycles. The summed E-state index contributed by atoms with van der Waals surface area (Å²) < 4.78 is 5.33. The van der Waals surface area contributed by atoms with Crippen molar-refractivity contribution < 1.29 is 19.4 Å². The molecule has 100 valence electrons. The van der Waals surface area contributed by atoms with Gasteiger partial charge in [-0.25, -0.2) is 4.98 Å². The fourth-order valence-corrected chi connectivity index (χ4v) is 2.81. The lowest BCUT2D eigenvalue weighted by Crippen LogP contribution is -2.32. The predicted octanol–water partition coefficient (Wildman–Crippen LogP) is 0.454. The molecule has 1 aliphatic rings. The van der Waals surface area contributed by atoms with Gasteiger partial charge in [0.25, 0.3) is 0 Å². The van der Waals surface area contributed by atoms with E-state index in [9.17, 15) is 5.11 Å². The molecule has 1 saturated heterocycles. The van der Waals surface area contributed by atoms with Crippen LogP contribution in [0.15, 0.2) is 5.38 Å². The summed E-state index contributed by atoms with van der Waals surface area (Å²) in [5, 5.41) is 12.3. The number of methoxy groups -OCH3 is 1. The molecular weight excluding hydrogens is 256 g/mol. The maximum atomic E-state index is 9.30. The number of hydrogen-bond acceptors (Lipinski definition) is 7. The summed E-state index contributed by atoms with van der Waals surface area (Å²) >= 11 is 1.63. The van der Waals surface area contributed by atoms with E-state index in [-0.39, 0.29) is 24.9 Å². The van der Waals surface area contributed by atoms with Crippen molar-refractivity contribution in [1.29, 1.82) is 0 Å². The molecule has 1 N–H and O–H groups in total. The fraction of sp³-hybridized carbons (Fsp3) is 0.636. The van der Waals surface area contributed by atoms with Crippen molar-refractivity contribution in [2.45, 2.75) is 25.5 Å². The number of aromatic nitrogens is 1. The van der Waals surface area contributed by atoms with Crippen LogP contribution < -0.4 is 4.90 Å². The third-order valence-corrected chi connectivity index (χ3v) is 3.77. The quantitative estimate of drug-likeness (QED) is 0.861. The third-order valence-electron chi connectivity index (χ3n) is 2.77. The maximum absolute atomic E-state index is 9.30. The van der Waals surface area contributed by atoms with Gasteiger partial charge in [-0.2, -0.15) is 9.59 Å². The first-order valence-electron chi connectivity index (χ1n) is 5.48. The summed E-state index contributed by atoms with van der Waals surface area (Å²) in [4.78, 5) is 22.8. The molecule has 0 bridgehead atoms. The van der Waals surface area contributed by atoms with E-state index in [1.807, 2.05) is 12.3 Å². The van der Waals surface area contributed by atoms with Gasteiger partial charge in [0, 0.05) is 19.0 Å². The molecule has 0 amide bonds. The first-order chi connectivity index (χ1) is 8.65. The zero-order chi connectivity index (χ0) is 13.5. The molecule has 1 aliphatic heterocycles. The van der Waals surface area contributed by atoms with E-state index >= 15 is 0 Å². The number of thiazole rings is 1. The lowest BCUT2D eigenvalue weighted by atomic mass is 10.2. The zero-order valence-corrected chi connectivity index (χ0v) is 11.1. The number of ether oxygens (including phenoxy) is 1. The van der Waals surface area contributed by atoms with Crippen molar-refractivity contribution >= 4 is 22.6 Å². The topological polar surface area (TPSA) is 79.7 Å². The molecule has 1 aromatic rings. The minimum absolute atomic E-state index is 0.153. The minimum Gasteiger partial charge on any atom is -0.394 e. The van der Waals surface area contributed by atoms with Crippen LogP contribution in [0.3, 0.4) is 0 Å². The van der Waals surface area contributed by atoms with Gasteiger partial charge < -0.3 is 14.7 Å². The second kappa shape index (κ2) is 7.23. The van der Waals surface area contributed by atoms with Crippen LogP contribution in [0.5, 0.6) is 0 Å². The Kier molecular flexibility index (Phi) is 5.94. The standard InChI is InChI=1S/C10H16N2O2S.CO2/c1-7-6-15-10(11-7)12-4-9(14-2)3-8(12)5-13;2-1-3/h6,8-9,13H,3-5H2,1-2H3;/t8-,9+;/m1./s1. The predicted molar refractivity (Wildman–Crippen MR) is 65.5 cm³/mol. The first-order valence-corrected chi connectivity index (χ1v) is 6.35. The molecular formula is C11H16N2O4S. The van der Waals surface area contributed by atoms with Gasteiger partial charge in [-0.15, -0.1) is 11.3 Å². The third kappa shape index (κ3) is 3.61. The van der Waals surface area contributed by atoms with Crippen molar-refractivity contribution in [1.82, 2.24) is 4.98 Å². The van der Waals surface area contributed by atoms with E-state index in [0.29, 0.717) is 0 Å². The van der Waals surface area contributed by atoms with Gasteiger partial charge in [0.1, 0.15) is 0 Å². The van der Waals surface area contributed by atoms with E-state index in [4.69, 9.17) is 14.3 Å². The Balaban J connectivity index is 0.000000492. The second-order valence-electron chi connectivity index (χ2n) is 3.94. The number of aryl methyl sites for hydroxylation is 1. The summed E-state index contributed by atoms with van der Waals surface area (Å²) in [6, 6.07) is 0.153. The normalized spacial score (nSPS) is 22.3. The largest absolute Gasteiger partial charge is 0.394 e. The summed E-state index contributed by atoms with van der Waals surface area (Å²) in [7, 11) is 1.72. The Bertz CT molecular complexity index is 404. The summed E-state index contributed by atoms with van der Waals surface area (Å²) in [6.45, 7) is 2.98. The Morgan fingerprint density at radius 2 is 2.33 bits per heavy atom. The van der Waals surface area contributed by atoms with Crippen molar-refractivity contribution in [3.63, 3.8) is 0 Å². The molecule has 1 aromatic heterocycles. The number of hydrogen-bond donors (Lipinski definition) is 1. The summed E-state index contributed by atoms with van der Waals surface area (Å²) in [6.07, 6.45) is 1.34. The molecule has 0 radical (unpaired) electrons. The van der Waals surface area contributed by atoms with E-state index < -0.39 is 0 Å². The van der Waals surface area contributed by atoms with Crippen LogP contribution in [0.25, 0.3) is 0 Å². The van der Waals surface area contributed by atoms with Crippen LogP contribution in [-0.2, 0) is 14.3 Å². The highest BCUT2D eigenvalue weighted by Crippen LogP contribution is 2.29. The van der Waals surface area contributed by atoms with Gasteiger partial charge in [-0.05, 0) is 13.3 Å². The highest BCUT2D eigenvalue weighted by molar-refractivity contribution is 7.13. The Labute approximate surface area is 109 Å². The van der Waals surface area contributed by atoms with Crippen LogP contribution >= 0.6 is 11.3 Å². The molecule has 2 rings (SSSR count). The summed E-state index contributed by atoms with van der Waals surface area (Å²) in [5.74, 6) is 0. The molecule has 0 unspecified atom stereocenters. The molecule has 18 heavy (non-hydrogen) atoms. The van der Waals surface area contributed by atoms with Crippen molar-refractivity contribution in [3.05, 3.63) is 11.1 Å². The lowest BCUT2D eigenvalue weighted by Gasteiger charge is -2.21. The van der Waals surface area contributed by atoms with Gasteiger partial charge >= 0.3 is 6.15 Å². The minimum atomic E-state index is 0.153. The van der Waals surface area contributed by atoms with Gasteiger partial charge in [-0.1, -0.05) is 0 Å². The van der Waals surface area contributed by atoms with Crippen LogP contribution in [0.4, 0.5) is 5.13 Å². The zero-order valence-electron chi connectivity index (χ0n) is 10.3. The van der Waals surface area contributed by atoms with Gasteiger partial charge in [0.15, 0.2) is 5.13 Å². The Morgan fingerprint density at radius 3 is 2.78 bits per heavy atom. The van der Waals surface area contributed by atoms with Crippen LogP contribution in [0, 0.1) is 6.92 Å². The number of aliphatic hydroxyl groups is 1. The second-order valence-corrected chi connectivity index (χ2v) is 4.77. The number of nitrogens with zero attached hydrogens (tertiary/aromatic N) is 2. The van der Waals surface area contributed by atoms with Crippen LogP contribution in [0.2, 0.25) is 0 Å². The van der Waals surface area contributed by atoms with E-state index in [0.717, 1.165) is 23.8 Å². The average Bonchev–Trinajstić information content (AvgIpc) is 2.95. The van der Waals surface area contributed by atoms with E-state index in [1.54, 1.807) is 18.4 Å². The number of anilines is 1. The van der Waals surface area contributed by atoms with Crippen LogP contribution in [0.1, 0.15) is 12.1 Å². The highest BCUT2D eigenvalue weighted by Gasteiger charge is 2.33. The molecule has 1 fully saturated rings. The number of rotatable bonds is 3. The molecule has 6 nitrogen and oxygen atoms in total. The monoisotopic (exact) mass is 272 g/mol. The van der Waals surface area contributed by atoms with Gasteiger partial charge in [0.2, 0.25) is 0 Å². The molecule has 7 heteroatoms. The average molecular weight is 272 g/mol. The maximum Gasteiger partial charge on any atom is 0.373 e. The molecule has 0 saturated carbocycles. The number of carbonyl (C=O) groups excluding carboxylic acids is 2. The van der Waals surface area contributed by atoms with E-state index in [2.05, 4.69) is 9.88 Å². The lowest BCUT2D eigenvalue weighted by molar-refractivity contribution is -0.191. The molecule has 0 aliphatic carbocycles. The Hall–Kier alpha value is -1.27. The Morgan fingerprint density at radius 1 is 1.67 bits per heavy atom. The van der Waals surface area contributed by atoms with Crippen molar-refractivity contribution in [2.24, 2.45) is 0 Å². The fourth-order valence-electron chi connectivity index (χ4n) is 1.93. The highest BCUT2D eigenvalue weighted by atomic mass is 32.1. The van der Waals surface area contributed by atoms with Crippen molar-refractivity contribution in [2.75, 3.05) is 25.2 Å².